The van der Waals surface area contributed by atoms with E-state index in [1.165, 1.54) is 6.39 Å². The van der Waals surface area contributed by atoms with Crippen LogP contribution in [-0.2, 0) is 11.3 Å². The van der Waals surface area contributed by atoms with Crippen LogP contribution in [-0.4, -0.2) is 42.8 Å². The van der Waals surface area contributed by atoms with E-state index >= 15 is 0 Å². The minimum absolute atomic E-state index is 0. The predicted molar refractivity (Wildman–Crippen MR) is 51.7 cm³/mol. The SMILES string of the molecule is Cc1ncoc1C[N+]1(C)CCOCC1.[I-]. The molecule has 1 saturated heterocycles. The summed E-state index contributed by atoms with van der Waals surface area (Å²) in [4.78, 5) is 4.11. The van der Waals surface area contributed by atoms with Crippen molar-refractivity contribution in [2.75, 3.05) is 33.4 Å². The van der Waals surface area contributed by atoms with Crippen molar-refractivity contribution in [3.05, 3.63) is 17.8 Å². The molecule has 0 aliphatic carbocycles. The summed E-state index contributed by atoms with van der Waals surface area (Å²) in [6.45, 7) is 6.73. The fourth-order valence-electron chi connectivity index (χ4n) is 1.77. The number of nitrogens with zero attached hydrogens (tertiary/aromatic N) is 2. The largest absolute Gasteiger partial charge is 1.00 e. The Hall–Kier alpha value is -0.140. The molecule has 0 saturated carbocycles. The first-order chi connectivity index (χ1) is 6.70. The highest BCUT2D eigenvalue weighted by atomic mass is 127. The molecule has 2 rings (SSSR count). The molecule has 5 heteroatoms. The monoisotopic (exact) mass is 324 g/mol. The zero-order chi connectivity index (χ0) is 10.0. The topological polar surface area (TPSA) is 35.3 Å². The van der Waals surface area contributed by atoms with Crippen LogP contribution in [0.1, 0.15) is 11.5 Å². The van der Waals surface area contributed by atoms with E-state index in [0.29, 0.717) is 0 Å². The van der Waals surface area contributed by atoms with Gasteiger partial charge in [0.05, 0.1) is 26.0 Å². The van der Waals surface area contributed by atoms with Gasteiger partial charge < -0.3 is 37.6 Å². The van der Waals surface area contributed by atoms with Crippen molar-refractivity contribution in [1.29, 1.82) is 0 Å². The molecule has 1 aliphatic heterocycles. The molecule has 1 aromatic rings. The van der Waals surface area contributed by atoms with E-state index in [4.69, 9.17) is 9.15 Å². The molecule has 86 valence electrons. The number of halogens is 1. The summed E-state index contributed by atoms with van der Waals surface area (Å²) in [5, 5.41) is 0. The summed E-state index contributed by atoms with van der Waals surface area (Å²) in [5.74, 6) is 1.01. The number of hydrogen-bond acceptors (Lipinski definition) is 3. The van der Waals surface area contributed by atoms with E-state index in [1.807, 2.05) is 6.92 Å². The molecule has 1 aromatic heterocycles. The van der Waals surface area contributed by atoms with Crippen molar-refractivity contribution in [3.63, 3.8) is 0 Å². The van der Waals surface area contributed by atoms with E-state index in [9.17, 15) is 0 Å². The van der Waals surface area contributed by atoms with E-state index in [0.717, 1.165) is 48.8 Å². The van der Waals surface area contributed by atoms with E-state index < -0.39 is 0 Å². The van der Waals surface area contributed by atoms with Crippen LogP contribution in [0, 0.1) is 6.92 Å². The number of ether oxygens (including phenoxy) is 1. The van der Waals surface area contributed by atoms with Crippen LogP contribution in [0.5, 0.6) is 0 Å². The Bertz CT molecular complexity index is 308. The molecule has 1 fully saturated rings. The Balaban J connectivity index is 0.00000112. The van der Waals surface area contributed by atoms with Gasteiger partial charge in [0.1, 0.15) is 19.6 Å². The van der Waals surface area contributed by atoms with Crippen LogP contribution in [0.4, 0.5) is 0 Å². The maximum atomic E-state index is 5.36. The summed E-state index contributed by atoms with van der Waals surface area (Å²) in [5.41, 5.74) is 1.01. The third-order valence-electron chi connectivity index (χ3n) is 2.92. The summed E-state index contributed by atoms with van der Waals surface area (Å²) < 4.78 is 11.7. The van der Waals surface area contributed by atoms with E-state index in [-0.39, 0.29) is 24.0 Å². The van der Waals surface area contributed by atoms with Crippen LogP contribution >= 0.6 is 0 Å². The van der Waals surface area contributed by atoms with Crippen molar-refractivity contribution in [1.82, 2.24) is 4.98 Å². The van der Waals surface area contributed by atoms with Gasteiger partial charge in [-0.1, -0.05) is 0 Å². The molecule has 4 nitrogen and oxygen atoms in total. The van der Waals surface area contributed by atoms with Crippen LogP contribution in [0.3, 0.4) is 0 Å². The Kier molecular flexibility index (Phi) is 4.54. The quantitative estimate of drug-likeness (QED) is 0.465. The molecule has 0 bridgehead atoms. The molecule has 1 aliphatic rings. The van der Waals surface area contributed by atoms with E-state index in [2.05, 4.69) is 12.0 Å². The summed E-state index contributed by atoms with van der Waals surface area (Å²) >= 11 is 0. The van der Waals surface area contributed by atoms with Gasteiger partial charge in [0.2, 0.25) is 0 Å². The molecular weight excluding hydrogens is 307 g/mol. The van der Waals surface area contributed by atoms with Crippen molar-refractivity contribution in [3.8, 4) is 0 Å². The van der Waals surface area contributed by atoms with Gasteiger partial charge in [-0.05, 0) is 6.92 Å². The number of rotatable bonds is 2. The van der Waals surface area contributed by atoms with Crippen LogP contribution in [0.2, 0.25) is 0 Å². The smallest absolute Gasteiger partial charge is 0.181 e. The second-order valence-corrected chi connectivity index (χ2v) is 4.20. The van der Waals surface area contributed by atoms with Gasteiger partial charge in [-0.25, -0.2) is 4.98 Å². The Labute approximate surface area is 107 Å². The van der Waals surface area contributed by atoms with Gasteiger partial charge >= 0.3 is 0 Å². The highest BCUT2D eigenvalue weighted by Gasteiger charge is 2.27. The lowest BCUT2D eigenvalue weighted by molar-refractivity contribution is -0.930. The minimum atomic E-state index is 0. The van der Waals surface area contributed by atoms with E-state index in [1.54, 1.807) is 0 Å². The Morgan fingerprint density at radius 1 is 1.40 bits per heavy atom. The second-order valence-electron chi connectivity index (χ2n) is 4.20. The fourth-order valence-corrected chi connectivity index (χ4v) is 1.77. The van der Waals surface area contributed by atoms with Crippen molar-refractivity contribution >= 4 is 0 Å². The van der Waals surface area contributed by atoms with Crippen molar-refractivity contribution in [2.24, 2.45) is 0 Å². The summed E-state index contributed by atoms with van der Waals surface area (Å²) in [6.07, 6.45) is 1.53. The molecule has 0 aromatic carbocycles. The lowest BCUT2D eigenvalue weighted by Gasteiger charge is -2.36. The standard InChI is InChI=1S/C10H17N2O2.HI/c1-9-10(14-8-11-9)7-12(2)3-5-13-6-4-12;/h8H,3-7H2,1-2H3;1H/q+1;/p-1. The zero-order valence-electron chi connectivity index (χ0n) is 9.20. The normalized spacial score (nSPS) is 19.6. The number of hydrogen-bond donors (Lipinski definition) is 0. The Morgan fingerprint density at radius 2 is 2.07 bits per heavy atom. The zero-order valence-corrected chi connectivity index (χ0v) is 11.4. The number of aryl methyl sites for hydroxylation is 1. The lowest BCUT2D eigenvalue weighted by atomic mass is 10.2. The first-order valence-corrected chi connectivity index (χ1v) is 5.00. The third-order valence-corrected chi connectivity index (χ3v) is 2.92. The maximum Gasteiger partial charge on any atom is 0.181 e. The third kappa shape index (κ3) is 3.15. The summed E-state index contributed by atoms with van der Waals surface area (Å²) in [7, 11) is 2.24. The fraction of sp³-hybridized carbons (Fsp3) is 0.700. The molecule has 0 spiro atoms. The van der Waals surface area contributed by atoms with Gasteiger partial charge in [-0.15, -0.1) is 0 Å². The first-order valence-electron chi connectivity index (χ1n) is 5.00. The number of likely N-dealkylation sites (N-methyl/N-ethyl adjacent to an activating group) is 1. The molecule has 2 heterocycles. The molecule has 0 unspecified atom stereocenters. The van der Waals surface area contributed by atoms with Gasteiger partial charge in [-0.3, -0.25) is 0 Å². The first kappa shape index (κ1) is 12.9. The second kappa shape index (κ2) is 5.27. The predicted octanol–water partition coefficient (Wildman–Crippen LogP) is -2.04. The van der Waals surface area contributed by atoms with Gasteiger partial charge in [-0.2, -0.15) is 0 Å². The number of morpholine rings is 1. The molecule has 0 radical (unpaired) electrons. The van der Waals surface area contributed by atoms with Crippen LogP contribution in [0.25, 0.3) is 0 Å². The van der Waals surface area contributed by atoms with Crippen molar-refractivity contribution in [2.45, 2.75) is 13.5 Å². The van der Waals surface area contributed by atoms with Crippen LogP contribution < -0.4 is 24.0 Å². The molecule has 15 heavy (non-hydrogen) atoms. The summed E-state index contributed by atoms with van der Waals surface area (Å²) in [6, 6.07) is 0. The minimum Gasteiger partial charge on any atom is -1.00 e. The highest BCUT2D eigenvalue weighted by Crippen LogP contribution is 2.16. The molecular formula is C10H17IN2O2. The lowest BCUT2D eigenvalue weighted by Crippen LogP contribution is -3.00. The van der Waals surface area contributed by atoms with Crippen LogP contribution in [0.15, 0.2) is 10.8 Å². The average molecular weight is 324 g/mol. The number of quaternary nitrogens is 1. The molecule has 0 N–H and O–H groups in total. The number of oxazole rings is 1. The van der Waals surface area contributed by atoms with Gasteiger partial charge in [0, 0.05) is 0 Å². The Morgan fingerprint density at radius 3 is 2.60 bits per heavy atom. The van der Waals surface area contributed by atoms with Gasteiger partial charge in [0.25, 0.3) is 0 Å². The number of aromatic nitrogens is 1. The molecule has 0 atom stereocenters. The van der Waals surface area contributed by atoms with Crippen molar-refractivity contribution < 1.29 is 37.6 Å². The van der Waals surface area contributed by atoms with Gasteiger partial charge in [0.15, 0.2) is 12.2 Å². The molecule has 0 amide bonds. The average Bonchev–Trinajstić information content (AvgIpc) is 2.52. The maximum absolute atomic E-state index is 5.36. The highest BCUT2D eigenvalue weighted by molar-refractivity contribution is 5.02.